The molecule has 0 bridgehead atoms. The molecule has 0 saturated carbocycles. The Balaban J connectivity index is 2.08. The molecule has 1 amide bonds. The largest absolute Gasteiger partial charge is 0.354 e. The number of aromatic nitrogens is 2. The van der Waals surface area contributed by atoms with Gasteiger partial charge in [0, 0.05) is 12.6 Å². The van der Waals surface area contributed by atoms with E-state index in [1.807, 2.05) is 24.3 Å². The quantitative estimate of drug-likeness (QED) is 0.887. The van der Waals surface area contributed by atoms with Crippen LogP contribution < -0.4 is 10.6 Å². The molecule has 0 aliphatic heterocycles. The Bertz CT molecular complexity index is 596. The van der Waals surface area contributed by atoms with Gasteiger partial charge in [-0.1, -0.05) is 30.4 Å². The Hall–Kier alpha value is -1.95. The van der Waals surface area contributed by atoms with E-state index in [0.29, 0.717) is 0 Å². The molecule has 1 unspecified atom stereocenters. The van der Waals surface area contributed by atoms with Crippen molar-refractivity contribution in [3.63, 3.8) is 0 Å². The third-order valence-corrected chi connectivity index (χ3v) is 3.82. The van der Waals surface area contributed by atoms with Gasteiger partial charge in [-0.05, 0) is 31.0 Å². The first-order valence-corrected chi connectivity index (χ1v) is 7.36. The minimum Gasteiger partial charge on any atom is -0.354 e. The van der Waals surface area contributed by atoms with Crippen LogP contribution in [0, 0.1) is 0 Å². The van der Waals surface area contributed by atoms with Crippen LogP contribution >= 0.6 is 11.3 Å². The number of carbonyl (C=O) groups excluding carboxylic acids is 1. The van der Waals surface area contributed by atoms with Gasteiger partial charge in [-0.3, -0.25) is 4.79 Å². The second-order valence-corrected chi connectivity index (χ2v) is 5.59. The lowest BCUT2D eigenvalue weighted by atomic mass is 10.1. The maximum Gasteiger partial charge on any atom is 0.221 e. The molecule has 2 rings (SSSR count). The number of amides is 1. The van der Waals surface area contributed by atoms with Crippen molar-refractivity contribution in [2.24, 2.45) is 0 Å². The number of carbonyl (C=O) groups is 1. The minimum atomic E-state index is -0.0699. The molecule has 1 heterocycles. The first kappa shape index (κ1) is 14.5. The number of aryl methyl sites for hydroxylation is 1. The number of hydrogen-bond acceptors (Lipinski definition) is 5. The minimum absolute atomic E-state index is 0.0699. The Labute approximate surface area is 122 Å². The average molecular weight is 290 g/mol. The number of benzene rings is 1. The van der Waals surface area contributed by atoms with Gasteiger partial charge in [0.1, 0.15) is 5.01 Å². The Morgan fingerprint density at radius 1 is 1.40 bits per heavy atom. The predicted octanol–water partition coefficient (Wildman–Crippen LogP) is 3.23. The van der Waals surface area contributed by atoms with Crippen molar-refractivity contribution in [1.82, 2.24) is 10.2 Å². The van der Waals surface area contributed by atoms with Crippen LogP contribution in [0.3, 0.4) is 0 Å². The zero-order chi connectivity index (χ0) is 14.5. The summed E-state index contributed by atoms with van der Waals surface area (Å²) in [5.74, 6) is -0.0699. The van der Waals surface area contributed by atoms with Gasteiger partial charge in [0.15, 0.2) is 0 Å². The van der Waals surface area contributed by atoms with Crippen molar-refractivity contribution >= 4 is 28.1 Å². The van der Waals surface area contributed by atoms with E-state index in [1.54, 1.807) is 11.3 Å². The van der Waals surface area contributed by atoms with E-state index in [9.17, 15) is 4.79 Å². The standard InChI is InChI=1S/C14H18N4OS/c1-4-13-17-18-14(20-13)15-9(2)11-6-5-7-12(8-11)16-10(3)19/h5-9H,4H2,1-3H3,(H,15,18)(H,16,19). The van der Waals surface area contributed by atoms with Gasteiger partial charge >= 0.3 is 0 Å². The highest BCUT2D eigenvalue weighted by Crippen LogP contribution is 2.24. The van der Waals surface area contributed by atoms with Crippen LogP contribution in [0.2, 0.25) is 0 Å². The summed E-state index contributed by atoms with van der Waals surface area (Å²) in [5.41, 5.74) is 1.89. The van der Waals surface area contributed by atoms with Gasteiger partial charge in [0.2, 0.25) is 11.0 Å². The van der Waals surface area contributed by atoms with E-state index in [4.69, 9.17) is 0 Å². The molecule has 1 atom stereocenters. The highest BCUT2D eigenvalue weighted by atomic mass is 32.1. The molecule has 1 aromatic carbocycles. The van der Waals surface area contributed by atoms with E-state index in [-0.39, 0.29) is 11.9 Å². The van der Waals surface area contributed by atoms with Crippen molar-refractivity contribution < 1.29 is 4.79 Å². The Morgan fingerprint density at radius 2 is 2.20 bits per heavy atom. The summed E-state index contributed by atoms with van der Waals surface area (Å²) in [6.07, 6.45) is 0.895. The Morgan fingerprint density at radius 3 is 2.85 bits per heavy atom. The van der Waals surface area contributed by atoms with Gasteiger partial charge < -0.3 is 10.6 Å². The summed E-state index contributed by atoms with van der Waals surface area (Å²) in [5, 5.41) is 16.1. The van der Waals surface area contributed by atoms with Crippen LogP contribution in [-0.2, 0) is 11.2 Å². The Kier molecular flexibility index (Phi) is 4.68. The van der Waals surface area contributed by atoms with E-state index in [2.05, 4.69) is 34.7 Å². The second kappa shape index (κ2) is 6.47. The van der Waals surface area contributed by atoms with Gasteiger partial charge in [-0.25, -0.2) is 0 Å². The smallest absolute Gasteiger partial charge is 0.221 e. The van der Waals surface area contributed by atoms with Crippen LogP contribution in [-0.4, -0.2) is 16.1 Å². The fraction of sp³-hybridized carbons (Fsp3) is 0.357. The van der Waals surface area contributed by atoms with Crippen LogP contribution in [0.25, 0.3) is 0 Å². The average Bonchev–Trinajstić information content (AvgIpc) is 2.86. The van der Waals surface area contributed by atoms with Gasteiger partial charge in [-0.15, -0.1) is 10.2 Å². The normalized spacial score (nSPS) is 11.9. The maximum atomic E-state index is 11.1. The number of rotatable bonds is 5. The van der Waals surface area contributed by atoms with Gasteiger partial charge in [0.25, 0.3) is 0 Å². The third-order valence-electron chi connectivity index (χ3n) is 2.82. The van der Waals surface area contributed by atoms with E-state index in [1.165, 1.54) is 6.92 Å². The summed E-state index contributed by atoms with van der Waals surface area (Å²) in [4.78, 5) is 11.1. The van der Waals surface area contributed by atoms with Gasteiger partial charge in [-0.2, -0.15) is 0 Å². The molecule has 0 aliphatic carbocycles. The van der Waals surface area contributed by atoms with E-state index < -0.39 is 0 Å². The molecule has 0 aliphatic rings. The third kappa shape index (κ3) is 3.77. The summed E-state index contributed by atoms with van der Waals surface area (Å²) >= 11 is 1.57. The maximum absolute atomic E-state index is 11.1. The van der Waals surface area contributed by atoms with E-state index >= 15 is 0 Å². The highest BCUT2D eigenvalue weighted by Gasteiger charge is 2.09. The molecule has 5 nitrogen and oxygen atoms in total. The van der Waals surface area contributed by atoms with Crippen LogP contribution in [0.4, 0.5) is 10.8 Å². The molecule has 2 aromatic rings. The lowest BCUT2D eigenvalue weighted by Crippen LogP contribution is -2.09. The summed E-state index contributed by atoms with van der Waals surface area (Å²) < 4.78 is 0. The van der Waals surface area contributed by atoms with Crippen molar-refractivity contribution in [2.75, 3.05) is 10.6 Å². The zero-order valence-corrected chi connectivity index (χ0v) is 12.6. The molecule has 0 saturated heterocycles. The topological polar surface area (TPSA) is 66.9 Å². The lowest BCUT2D eigenvalue weighted by Gasteiger charge is -2.14. The fourth-order valence-electron chi connectivity index (χ4n) is 1.81. The van der Waals surface area contributed by atoms with Crippen molar-refractivity contribution in [3.05, 3.63) is 34.8 Å². The number of nitrogens with zero attached hydrogens (tertiary/aromatic N) is 2. The fourth-order valence-corrected chi connectivity index (χ4v) is 2.58. The van der Waals surface area contributed by atoms with E-state index in [0.717, 1.165) is 27.8 Å². The summed E-state index contributed by atoms with van der Waals surface area (Å²) in [7, 11) is 0. The molecule has 0 spiro atoms. The van der Waals surface area contributed by atoms with Crippen LogP contribution in [0.5, 0.6) is 0 Å². The molecule has 2 N–H and O–H groups in total. The molecule has 6 heteroatoms. The first-order valence-electron chi connectivity index (χ1n) is 6.55. The molecular formula is C14H18N4OS. The lowest BCUT2D eigenvalue weighted by molar-refractivity contribution is -0.114. The first-order chi connectivity index (χ1) is 9.58. The van der Waals surface area contributed by atoms with Crippen LogP contribution in [0.1, 0.15) is 37.4 Å². The molecular weight excluding hydrogens is 272 g/mol. The monoisotopic (exact) mass is 290 g/mol. The zero-order valence-electron chi connectivity index (χ0n) is 11.8. The van der Waals surface area contributed by atoms with Crippen LogP contribution in [0.15, 0.2) is 24.3 Å². The van der Waals surface area contributed by atoms with Crippen molar-refractivity contribution in [2.45, 2.75) is 33.2 Å². The molecule has 0 radical (unpaired) electrons. The summed E-state index contributed by atoms with van der Waals surface area (Å²) in [6, 6.07) is 7.88. The van der Waals surface area contributed by atoms with Gasteiger partial charge in [0.05, 0.1) is 6.04 Å². The second-order valence-electron chi connectivity index (χ2n) is 4.53. The SMILES string of the molecule is CCc1nnc(NC(C)c2cccc(NC(C)=O)c2)s1. The highest BCUT2D eigenvalue weighted by molar-refractivity contribution is 7.15. The molecule has 0 fully saturated rings. The number of anilines is 2. The molecule has 20 heavy (non-hydrogen) atoms. The molecule has 1 aromatic heterocycles. The molecule has 106 valence electrons. The van der Waals surface area contributed by atoms with Crippen molar-refractivity contribution in [3.8, 4) is 0 Å². The van der Waals surface area contributed by atoms with Crippen molar-refractivity contribution in [1.29, 1.82) is 0 Å². The number of hydrogen-bond donors (Lipinski definition) is 2. The predicted molar refractivity (Wildman–Crippen MR) is 82.1 cm³/mol. The summed E-state index contributed by atoms with van der Waals surface area (Å²) in [6.45, 7) is 5.62. The number of nitrogens with one attached hydrogen (secondary N) is 2.